The summed E-state index contributed by atoms with van der Waals surface area (Å²) < 4.78 is 26.1. The standard InChI is InChI=1S/C14H14F2N2/c1-10(12-5-13(15)7-14(16)6-12)18-9-11-3-2-4-17-8-11/h2-8,10,18H,9H2,1H3. The zero-order valence-corrected chi connectivity index (χ0v) is 10.0. The van der Waals surface area contributed by atoms with Crippen LogP contribution in [-0.4, -0.2) is 4.98 Å². The molecule has 1 heterocycles. The summed E-state index contributed by atoms with van der Waals surface area (Å²) in [7, 11) is 0. The highest BCUT2D eigenvalue weighted by atomic mass is 19.1. The van der Waals surface area contributed by atoms with Crippen LogP contribution in [0.3, 0.4) is 0 Å². The van der Waals surface area contributed by atoms with E-state index in [-0.39, 0.29) is 6.04 Å². The van der Waals surface area contributed by atoms with Crippen molar-refractivity contribution in [3.05, 3.63) is 65.5 Å². The van der Waals surface area contributed by atoms with E-state index in [2.05, 4.69) is 10.3 Å². The van der Waals surface area contributed by atoms with Gasteiger partial charge in [0, 0.05) is 31.0 Å². The smallest absolute Gasteiger partial charge is 0.126 e. The number of hydrogen-bond donors (Lipinski definition) is 1. The van der Waals surface area contributed by atoms with Gasteiger partial charge in [0.05, 0.1) is 0 Å². The van der Waals surface area contributed by atoms with Crippen LogP contribution < -0.4 is 5.32 Å². The molecule has 1 atom stereocenters. The lowest BCUT2D eigenvalue weighted by Crippen LogP contribution is -2.18. The third-order valence-corrected chi connectivity index (χ3v) is 2.72. The van der Waals surface area contributed by atoms with Crippen molar-refractivity contribution < 1.29 is 8.78 Å². The van der Waals surface area contributed by atoms with E-state index in [9.17, 15) is 8.78 Å². The molecule has 0 bridgehead atoms. The first-order valence-corrected chi connectivity index (χ1v) is 5.73. The van der Waals surface area contributed by atoms with E-state index in [1.54, 1.807) is 12.4 Å². The van der Waals surface area contributed by atoms with Gasteiger partial charge in [0.2, 0.25) is 0 Å². The number of halogens is 2. The maximum Gasteiger partial charge on any atom is 0.126 e. The Hall–Kier alpha value is -1.81. The summed E-state index contributed by atoms with van der Waals surface area (Å²) in [5.74, 6) is -1.11. The van der Waals surface area contributed by atoms with Crippen LogP contribution in [0.2, 0.25) is 0 Å². The summed E-state index contributed by atoms with van der Waals surface area (Å²) in [4.78, 5) is 4.00. The van der Waals surface area contributed by atoms with Crippen molar-refractivity contribution in [2.75, 3.05) is 0 Å². The molecule has 2 rings (SSSR count). The fourth-order valence-electron chi connectivity index (χ4n) is 1.72. The van der Waals surface area contributed by atoms with Crippen LogP contribution in [0.25, 0.3) is 0 Å². The minimum atomic E-state index is -0.556. The highest BCUT2D eigenvalue weighted by Crippen LogP contribution is 2.16. The van der Waals surface area contributed by atoms with Gasteiger partial charge in [0.1, 0.15) is 11.6 Å². The predicted octanol–water partition coefficient (Wildman–Crippen LogP) is 3.21. The van der Waals surface area contributed by atoms with Gasteiger partial charge >= 0.3 is 0 Å². The molecule has 0 aliphatic heterocycles. The lowest BCUT2D eigenvalue weighted by molar-refractivity contribution is 0.545. The number of pyridine rings is 1. The SMILES string of the molecule is CC(NCc1cccnc1)c1cc(F)cc(F)c1. The molecule has 0 saturated carbocycles. The summed E-state index contributed by atoms with van der Waals surface area (Å²) in [6.45, 7) is 2.47. The Labute approximate surface area is 105 Å². The van der Waals surface area contributed by atoms with Crippen molar-refractivity contribution in [1.29, 1.82) is 0 Å². The Morgan fingerprint density at radius 1 is 1.22 bits per heavy atom. The largest absolute Gasteiger partial charge is 0.306 e. The molecule has 18 heavy (non-hydrogen) atoms. The lowest BCUT2D eigenvalue weighted by atomic mass is 10.1. The first-order chi connectivity index (χ1) is 8.65. The normalized spacial score (nSPS) is 12.4. The lowest BCUT2D eigenvalue weighted by Gasteiger charge is -2.14. The maximum atomic E-state index is 13.1. The Morgan fingerprint density at radius 3 is 2.56 bits per heavy atom. The molecule has 0 fully saturated rings. The number of rotatable bonds is 4. The minimum absolute atomic E-state index is 0.129. The van der Waals surface area contributed by atoms with Crippen molar-refractivity contribution in [3.8, 4) is 0 Å². The van der Waals surface area contributed by atoms with E-state index in [0.717, 1.165) is 11.6 Å². The van der Waals surface area contributed by atoms with Gasteiger partial charge in [-0.2, -0.15) is 0 Å². The summed E-state index contributed by atoms with van der Waals surface area (Å²) >= 11 is 0. The summed E-state index contributed by atoms with van der Waals surface area (Å²) in [5.41, 5.74) is 1.62. The Kier molecular flexibility index (Phi) is 3.99. The average Bonchev–Trinajstić information content (AvgIpc) is 2.36. The average molecular weight is 248 g/mol. The van der Waals surface area contributed by atoms with Gasteiger partial charge in [-0.1, -0.05) is 6.07 Å². The van der Waals surface area contributed by atoms with Gasteiger partial charge in [0.25, 0.3) is 0 Å². The van der Waals surface area contributed by atoms with Crippen LogP contribution >= 0.6 is 0 Å². The molecule has 0 amide bonds. The zero-order valence-electron chi connectivity index (χ0n) is 10.0. The quantitative estimate of drug-likeness (QED) is 0.898. The van der Waals surface area contributed by atoms with E-state index >= 15 is 0 Å². The van der Waals surface area contributed by atoms with Crippen LogP contribution in [0.4, 0.5) is 8.78 Å². The van der Waals surface area contributed by atoms with E-state index < -0.39 is 11.6 Å². The van der Waals surface area contributed by atoms with Gasteiger partial charge in [0.15, 0.2) is 0 Å². The molecule has 0 spiro atoms. The summed E-state index contributed by atoms with van der Waals surface area (Å²) in [6, 6.07) is 7.21. The molecule has 94 valence electrons. The van der Waals surface area contributed by atoms with E-state index in [1.807, 2.05) is 19.1 Å². The molecule has 1 aromatic carbocycles. The Morgan fingerprint density at radius 2 is 1.94 bits per heavy atom. The van der Waals surface area contributed by atoms with Gasteiger partial charge < -0.3 is 5.32 Å². The van der Waals surface area contributed by atoms with Crippen LogP contribution in [0.1, 0.15) is 24.1 Å². The molecule has 1 unspecified atom stereocenters. The van der Waals surface area contributed by atoms with Gasteiger partial charge in [-0.05, 0) is 36.2 Å². The second-order valence-electron chi connectivity index (χ2n) is 4.17. The first-order valence-electron chi connectivity index (χ1n) is 5.73. The van der Waals surface area contributed by atoms with E-state index in [1.165, 1.54) is 12.1 Å². The Balaban J connectivity index is 2.01. The molecular weight excluding hydrogens is 234 g/mol. The van der Waals surface area contributed by atoms with Crippen molar-refractivity contribution in [1.82, 2.24) is 10.3 Å². The molecule has 0 aliphatic carbocycles. The number of benzene rings is 1. The van der Waals surface area contributed by atoms with Crippen molar-refractivity contribution in [2.24, 2.45) is 0 Å². The number of hydrogen-bond acceptors (Lipinski definition) is 2. The summed E-state index contributed by atoms with van der Waals surface area (Å²) in [6.07, 6.45) is 3.46. The maximum absolute atomic E-state index is 13.1. The fraction of sp³-hybridized carbons (Fsp3) is 0.214. The highest BCUT2D eigenvalue weighted by Gasteiger charge is 2.08. The summed E-state index contributed by atoms with van der Waals surface area (Å²) in [5, 5.41) is 3.20. The molecule has 0 radical (unpaired) electrons. The zero-order chi connectivity index (χ0) is 13.0. The van der Waals surface area contributed by atoms with E-state index in [0.29, 0.717) is 12.1 Å². The third-order valence-electron chi connectivity index (χ3n) is 2.72. The minimum Gasteiger partial charge on any atom is -0.306 e. The van der Waals surface area contributed by atoms with Crippen molar-refractivity contribution in [2.45, 2.75) is 19.5 Å². The highest BCUT2D eigenvalue weighted by molar-refractivity contribution is 5.21. The van der Waals surface area contributed by atoms with Crippen LogP contribution in [0.5, 0.6) is 0 Å². The molecular formula is C14H14F2N2. The second kappa shape index (κ2) is 5.69. The molecule has 2 aromatic rings. The fourth-order valence-corrected chi connectivity index (χ4v) is 1.72. The third kappa shape index (κ3) is 3.34. The molecule has 2 nitrogen and oxygen atoms in total. The van der Waals surface area contributed by atoms with Gasteiger partial charge in [-0.15, -0.1) is 0 Å². The number of aromatic nitrogens is 1. The first kappa shape index (κ1) is 12.6. The number of nitrogens with one attached hydrogen (secondary N) is 1. The molecule has 4 heteroatoms. The second-order valence-corrected chi connectivity index (χ2v) is 4.17. The van der Waals surface area contributed by atoms with Crippen LogP contribution in [-0.2, 0) is 6.54 Å². The van der Waals surface area contributed by atoms with Crippen LogP contribution in [0, 0.1) is 11.6 Å². The van der Waals surface area contributed by atoms with Crippen molar-refractivity contribution >= 4 is 0 Å². The topological polar surface area (TPSA) is 24.9 Å². The predicted molar refractivity (Wildman–Crippen MR) is 65.8 cm³/mol. The van der Waals surface area contributed by atoms with Gasteiger partial charge in [-0.3, -0.25) is 4.98 Å². The molecule has 0 aliphatic rings. The molecule has 0 saturated heterocycles. The van der Waals surface area contributed by atoms with Crippen molar-refractivity contribution in [3.63, 3.8) is 0 Å². The van der Waals surface area contributed by atoms with Crippen LogP contribution in [0.15, 0.2) is 42.7 Å². The number of nitrogens with zero attached hydrogens (tertiary/aromatic N) is 1. The molecule has 1 aromatic heterocycles. The molecule has 1 N–H and O–H groups in total. The van der Waals surface area contributed by atoms with E-state index in [4.69, 9.17) is 0 Å². The monoisotopic (exact) mass is 248 g/mol. The van der Waals surface area contributed by atoms with Gasteiger partial charge in [-0.25, -0.2) is 8.78 Å². The Bertz CT molecular complexity index is 494.